The third-order valence-electron chi connectivity index (χ3n) is 3.10. The number of carbonyl (C=O) groups excluding carboxylic acids is 2. The molecule has 0 atom stereocenters. The van der Waals surface area contributed by atoms with Crippen molar-refractivity contribution in [1.82, 2.24) is 10.2 Å². The first-order chi connectivity index (χ1) is 10.5. The van der Waals surface area contributed by atoms with Gasteiger partial charge in [-0.2, -0.15) is 0 Å². The van der Waals surface area contributed by atoms with Crippen LogP contribution in [-0.4, -0.2) is 16.8 Å². The van der Waals surface area contributed by atoms with E-state index in [-0.39, 0.29) is 18.1 Å². The van der Waals surface area contributed by atoms with Crippen LogP contribution in [0.3, 0.4) is 0 Å². The molecule has 3 amide bonds. The zero-order valence-electron chi connectivity index (χ0n) is 11.2. The Hall–Kier alpha value is -2.41. The van der Waals surface area contributed by atoms with E-state index < -0.39 is 11.9 Å². The molecule has 1 aliphatic heterocycles. The summed E-state index contributed by atoms with van der Waals surface area (Å²) in [6.07, 6.45) is 1.45. The van der Waals surface area contributed by atoms with Gasteiger partial charge in [0.2, 0.25) is 0 Å². The second kappa shape index (κ2) is 5.76. The lowest BCUT2D eigenvalue weighted by Gasteiger charge is -2.11. The number of halogens is 2. The molecule has 7 heteroatoms. The number of furan rings is 1. The molecule has 0 saturated carbocycles. The number of nitrogens with zero attached hydrogens (tertiary/aromatic N) is 1. The molecule has 1 aliphatic rings. The Morgan fingerprint density at radius 3 is 2.55 bits per heavy atom. The summed E-state index contributed by atoms with van der Waals surface area (Å²) in [5.74, 6) is -0.383. The third-order valence-corrected chi connectivity index (χ3v) is 3.52. The lowest BCUT2D eigenvalue weighted by atomic mass is 10.2. The van der Waals surface area contributed by atoms with Crippen LogP contribution in [0.15, 0.2) is 51.2 Å². The van der Waals surface area contributed by atoms with Gasteiger partial charge in [0.15, 0.2) is 4.67 Å². The summed E-state index contributed by atoms with van der Waals surface area (Å²) in [5.41, 5.74) is 0.792. The molecule has 22 heavy (non-hydrogen) atoms. The molecule has 0 aliphatic carbocycles. The normalized spacial score (nSPS) is 16.5. The molecule has 0 unspecified atom stereocenters. The van der Waals surface area contributed by atoms with E-state index in [1.807, 2.05) is 0 Å². The molecule has 2 heterocycles. The van der Waals surface area contributed by atoms with Crippen molar-refractivity contribution in [3.8, 4) is 0 Å². The van der Waals surface area contributed by atoms with Gasteiger partial charge in [-0.25, -0.2) is 9.18 Å². The van der Waals surface area contributed by atoms with Crippen molar-refractivity contribution in [1.29, 1.82) is 0 Å². The van der Waals surface area contributed by atoms with Gasteiger partial charge in [0.25, 0.3) is 5.91 Å². The molecule has 3 rings (SSSR count). The maximum atomic E-state index is 12.9. The Morgan fingerprint density at radius 2 is 1.91 bits per heavy atom. The summed E-state index contributed by atoms with van der Waals surface area (Å²) in [6, 6.07) is 8.45. The molecule has 5 nitrogen and oxygen atoms in total. The monoisotopic (exact) mass is 364 g/mol. The molecule has 0 spiro atoms. The van der Waals surface area contributed by atoms with Gasteiger partial charge in [0, 0.05) is 6.08 Å². The molecule has 2 aromatic rings. The Kier molecular flexibility index (Phi) is 3.81. The van der Waals surface area contributed by atoms with Gasteiger partial charge >= 0.3 is 6.03 Å². The van der Waals surface area contributed by atoms with Gasteiger partial charge in [0.05, 0.1) is 6.54 Å². The second-order valence-corrected chi connectivity index (χ2v) is 5.43. The van der Waals surface area contributed by atoms with Crippen LogP contribution in [-0.2, 0) is 11.3 Å². The highest BCUT2D eigenvalue weighted by Crippen LogP contribution is 2.20. The Morgan fingerprint density at radius 1 is 1.18 bits per heavy atom. The highest BCUT2D eigenvalue weighted by molar-refractivity contribution is 9.10. The minimum Gasteiger partial charge on any atom is -0.450 e. The maximum Gasteiger partial charge on any atom is 0.329 e. The number of benzene rings is 1. The number of amides is 3. The van der Waals surface area contributed by atoms with Crippen molar-refractivity contribution in [3.63, 3.8) is 0 Å². The van der Waals surface area contributed by atoms with Crippen molar-refractivity contribution in [2.45, 2.75) is 6.54 Å². The van der Waals surface area contributed by atoms with Crippen LogP contribution in [0.4, 0.5) is 9.18 Å². The fraction of sp³-hybridized carbons (Fsp3) is 0.0667. The van der Waals surface area contributed by atoms with Crippen molar-refractivity contribution in [3.05, 3.63) is 63.9 Å². The number of rotatable bonds is 3. The van der Waals surface area contributed by atoms with Gasteiger partial charge in [-0.1, -0.05) is 12.1 Å². The summed E-state index contributed by atoms with van der Waals surface area (Å²) in [7, 11) is 0. The van der Waals surface area contributed by atoms with Crippen molar-refractivity contribution < 1.29 is 18.4 Å². The first kappa shape index (κ1) is 14.5. The van der Waals surface area contributed by atoms with Gasteiger partial charge in [-0.15, -0.1) is 0 Å². The SMILES string of the molecule is O=C1N/C(=C/c2ccc(Br)o2)C(=O)N1Cc1ccc(F)cc1. The molecule has 1 aromatic carbocycles. The van der Waals surface area contributed by atoms with E-state index in [0.29, 0.717) is 16.0 Å². The largest absolute Gasteiger partial charge is 0.450 e. The van der Waals surface area contributed by atoms with E-state index in [1.165, 1.54) is 30.3 Å². The molecule has 0 bridgehead atoms. The molecule has 0 radical (unpaired) electrons. The number of urea groups is 1. The fourth-order valence-electron chi connectivity index (χ4n) is 2.04. The van der Waals surface area contributed by atoms with E-state index in [0.717, 1.165) is 4.90 Å². The summed E-state index contributed by atoms with van der Waals surface area (Å²) in [6.45, 7) is 0.0735. The minimum atomic E-state index is -0.522. The highest BCUT2D eigenvalue weighted by Gasteiger charge is 2.33. The number of hydrogen-bond donors (Lipinski definition) is 1. The van der Waals surface area contributed by atoms with Crippen molar-refractivity contribution in [2.24, 2.45) is 0 Å². The van der Waals surface area contributed by atoms with E-state index in [9.17, 15) is 14.0 Å². The summed E-state index contributed by atoms with van der Waals surface area (Å²) in [4.78, 5) is 25.2. The van der Waals surface area contributed by atoms with Crippen LogP contribution in [0.1, 0.15) is 11.3 Å². The van der Waals surface area contributed by atoms with E-state index >= 15 is 0 Å². The van der Waals surface area contributed by atoms with Crippen LogP contribution < -0.4 is 5.32 Å². The predicted molar refractivity (Wildman–Crippen MR) is 79.9 cm³/mol. The zero-order chi connectivity index (χ0) is 15.7. The van der Waals surface area contributed by atoms with Crippen molar-refractivity contribution in [2.75, 3.05) is 0 Å². The number of imide groups is 1. The van der Waals surface area contributed by atoms with Crippen LogP contribution in [0, 0.1) is 5.82 Å². The van der Waals surface area contributed by atoms with E-state index in [4.69, 9.17) is 4.42 Å². The van der Waals surface area contributed by atoms with E-state index in [1.54, 1.807) is 12.1 Å². The Bertz CT molecular complexity index is 767. The van der Waals surface area contributed by atoms with Crippen LogP contribution in [0.2, 0.25) is 0 Å². The van der Waals surface area contributed by atoms with Crippen LogP contribution in [0.25, 0.3) is 6.08 Å². The molecule has 1 aromatic heterocycles. The quantitative estimate of drug-likeness (QED) is 0.671. The summed E-state index contributed by atoms with van der Waals surface area (Å²) in [5, 5.41) is 2.49. The van der Waals surface area contributed by atoms with Crippen molar-refractivity contribution >= 4 is 33.9 Å². The first-order valence-corrected chi connectivity index (χ1v) is 7.16. The fourth-order valence-corrected chi connectivity index (χ4v) is 2.35. The minimum absolute atomic E-state index is 0.0735. The predicted octanol–water partition coefficient (Wildman–Crippen LogP) is 3.27. The van der Waals surface area contributed by atoms with Gasteiger partial charge < -0.3 is 9.73 Å². The Balaban J connectivity index is 1.79. The van der Waals surface area contributed by atoms with E-state index in [2.05, 4.69) is 21.2 Å². The summed E-state index contributed by atoms with van der Waals surface area (Å²) < 4.78 is 18.7. The standard InChI is InChI=1S/C15H10BrFN2O3/c16-13-6-5-11(22-13)7-12-14(20)19(15(21)18-12)8-9-1-3-10(17)4-2-9/h1-7H,8H2,(H,18,21)/b12-7+. The second-order valence-electron chi connectivity index (χ2n) is 4.65. The van der Waals surface area contributed by atoms with Gasteiger partial charge in [-0.05, 0) is 45.8 Å². The van der Waals surface area contributed by atoms with Gasteiger partial charge in [0.1, 0.15) is 17.3 Å². The molecule has 1 saturated heterocycles. The third kappa shape index (κ3) is 2.94. The maximum absolute atomic E-state index is 12.9. The first-order valence-electron chi connectivity index (χ1n) is 6.37. The topological polar surface area (TPSA) is 62.6 Å². The molecular weight excluding hydrogens is 355 g/mol. The van der Waals surface area contributed by atoms with Crippen LogP contribution in [0.5, 0.6) is 0 Å². The molecule has 112 valence electrons. The Labute approximate surface area is 133 Å². The molecular formula is C15H10BrFN2O3. The summed E-state index contributed by atoms with van der Waals surface area (Å²) >= 11 is 3.16. The smallest absolute Gasteiger partial charge is 0.329 e. The van der Waals surface area contributed by atoms with Gasteiger partial charge in [-0.3, -0.25) is 9.69 Å². The number of hydrogen-bond acceptors (Lipinski definition) is 3. The molecule has 1 fully saturated rings. The highest BCUT2D eigenvalue weighted by atomic mass is 79.9. The number of nitrogens with one attached hydrogen (secondary N) is 1. The average Bonchev–Trinajstić information content (AvgIpc) is 3.00. The van der Waals surface area contributed by atoms with Crippen LogP contribution >= 0.6 is 15.9 Å². The average molecular weight is 365 g/mol. The molecule has 1 N–H and O–H groups in total. The zero-order valence-corrected chi connectivity index (χ0v) is 12.8. The lowest BCUT2D eigenvalue weighted by Crippen LogP contribution is -2.30. The lowest BCUT2D eigenvalue weighted by molar-refractivity contribution is -0.123. The number of carbonyl (C=O) groups is 2.